The van der Waals surface area contributed by atoms with Crippen LogP contribution in [-0.2, 0) is 5.54 Å². The van der Waals surface area contributed by atoms with Crippen molar-refractivity contribution in [2.24, 2.45) is 0 Å². The van der Waals surface area contributed by atoms with E-state index in [1.165, 1.54) is 0 Å². The molecule has 0 spiro atoms. The second kappa shape index (κ2) is 3.53. The van der Waals surface area contributed by atoms with E-state index >= 15 is 0 Å². The zero-order valence-corrected chi connectivity index (χ0v) is 9.68. The van der Waals surface area contributed by atoms with Crippen molar-refractivity contribution in [3.05, 3.63) is 36.3 Å². The van der Waals surface area contributed by atoms with Crippen LogP contribution in [0.1, 0.15) is 26.3 Å². The molecule has 2 aromatic heterocycles. The van der Waals surface area contributed by atoms with Crippen LogP contribution in [0.15, 0.2) is 30.7 Å². The number of nitrogens with zero attached hydrogens (tertiary/aromatic N) is 4. The van der Waals surface area contributed by atoms with Crippen LogP contribution < -0.4 is 0 Å². The lowest BCUT2D eigenvalue weighted by molar-refractivity contribution is 0.351. The smallest absolute Gasteiger partial charge is 0.153 e. The van der Waals surface area contributed by atoms with Gasteiger partial charge in [0.2, 0.25) is 0 Å². The maximum Gasteiger partial charge on any atom is 0.153 e. The third-order valence-corrected chi connectivity index (χ3v) is 2.35. The monoisotopic (exact) mass is 214 g/mol. The molecule has 0 saturated carbocycles. The van der Waals surface area contributed by atoms with Gasteiger partial charge in [0.15, 0.2) is 5.82 Å². The highest BCUT2D eigenvalue weighted by Crippen LogP contribution is 2.22. The minimum Gasteiger partial charge on any atom is -0.308 e. The van der Waals surface area contributed by atoms with E-state index in [1.54, 1.807) is 6.20 Å². The van der Waals surface area contributed by atoms with Crippen LogP contribution in [0.2, 0.25) is 0 Å². The van der Waals surface area contributed by atoms with Crippen molar-refractivity contribution >= 4 is 0 Å². The Hall–Kier alpha value is -2.02. The van der Waals surface area contributed by atoms with Gasteiger partial charge >= 0.3 is 0 Å². The molecule has 0 fully saturated rings. The SMILES string of the molecule is CC(C)(C)n1ncc(C#N)c1-n1cccc1. The highest BCUT2D eigenvalue weighted by atomic mass is 15.4. The number of aromatic nitrogens is 3. The minimum atomic E-state index is -0.144. The molecule has 2 rings (SSSR count). The predicted octanol–water partition coefficient (Wildman–Crippen LogP) is 2.30. The first kappa shape index (κ1) is 10.5. The predicted molar refractivity (Wildman–Crippen MR) is 61.3 cm³/mol. The summed E-state index contributed by atoms with van der Waals surface area (Å²) in [5.41, 5.74) is 0.445. The third-order valence-electron chi connectivity index (χ3n) is 2.35. The van der Waals surface area contributed by atoms with Gasteiger partial charge in [-0.1, -0.05) is 0 Å². The molecule has 4 nitrogen and oxygen atoms in total. The summed E-state index contributed by atoms with van der Waals surface area (Å²) in [6, 6.07) is 6.04. The van der Waals surface area contributed by atoms with Crippen molar-refractivity contribution in [1.82, 2.24) is 14.3 Å². The lowest BCUT2D eigenvalue weighted by atomic mass is 10.1. The molecule has 0 aromatic carbocycles. The van der Waals surface area contributed by atoms with Gasteiger partial charge in [-0.25, -0.2) is 4.68 Å². The maximum absolute atomic E-state index is 9.08. The van der Waals surface area contributed by atoms with Crippen LogP contribution in [0.3, 0.4) is 0 Å². The molecular weight excluding hydrogens is 200 g/mol. The van der Waals surface area contributed by atoms with Crippen LogP contribution in [-0.4, -0.2) is 14.3 Å². The van der Waals surface area contributed by atoms with Gasteiger partial charge in [-0.3, -0.25) is 0 Å². The van der Waals surface area contributed by atoms with E-state index in [1.807, 2.05) is 33.8 Å². The van der Waals surface area contributed by atoms with Gasteiger partial charge in [0.05, 0.1) is 11.7 Å². The molecule has 0 amide bonds. The van der Waals surface area contributed by atoms with E-state index in [4.69, 9.17) is 5.26 Å². The Balaban J connectivity index is 2.67. The molecule has 2 aromatic rings. The normalized spacial score (nSPS) is 11.4. The van der Waals surface area contributed by atoms with Gasteiger partial charge in [-0.05, 0) is 32.9 Å². The third kappa shape index (κ3) is 1.61. The van der Waals surface area contributed by atoms with E-state index < -0.39 is 0 Å². The fourth-order valence-corrected chi connectivity index (χ4v) is 1.64. The zero-order chi connectivity index (χ0) is 11.8. The van der Waals surface area contributed by atoms with E-state index in [0.29, 0.717) is 5.56 Å². The molecule has 0 radical (unpaired) electrons. The fraction of sp³-hybridized carbons (Fsp3) is 0.333. The van der Waals surface area contributed by atoms with Gasteiger partial charge in [-0.15, -0.1) is 0 Å². The van der Waals surface area contributed by atoms with E-state index in [0.717, 1.165) is 5.82 Å². The molecule has 0 atom stereocenters. The highest BCUT2D eigenvalue weighted by Gasteiger charge is 2.21. The summed E-state index contributed by atoms with van der Waals surface area (Å²) in [6.45, 7) is 6.19. The molecule has 0 aliphatic heterocycles. The summed E-state index contributed by atoms with van der Waals surface area (Å²) in [7, 11) is 0. The molecule has 0 aliphatic rings. The van der Waals surface area contributed by atoms with Crippen LogP contribution in [0.25, 0.3) is 5.82 Å². The van der Waals surface area contributed by atoms with Gasteiger partial charge in [0.1, 0.15) is 11.6 Å². The zero-order valence-electron chi connectivity index (χ0n) is 9.68. The average molecular weight is 214 g/mol. The van der Waals surface area contributed by atoms with E-state index in [2.05, 4.69) is 31.9 Å². The van der Waals surface area contributed by atoms with E-state index in [9.17, 15) is 0 Å². The van der Waals surface area contributed by atoms with Gasteiger partial charge in [-0.2, -0.15) is 10.4 Å². The first-order chi connectivity index (χ1) is 7.54. The van der Waals surface area contributed by atoms with Crippen LogP contribution >= 0.6 is 0 Å². The molecular formula is C12H14N4. The Labute approximate surface area is 94.7 Å². The van der Waals surface area contributed by atoms with Gasteiger partial charge < -0.3 is 4.57 Å². The first-order valence-corrected chi connectivity index (χ1v) is 5.16. The van der Waals surface area contributed by atoms with Crippen molar-refractivity contribution in [3.8, 4) is 11.9 Å². The van der Waals surface area contributed by atoms with Gasteiger partial charge in [0.25, 0.3) is 0 Å². The largest absolute Gasteiger partial charge is 0.308 e. The van der Waals surface area contributed by atoms with Crippen LogP contribution in [0, 0.1) is 11.3 Å². The molecule has 0 N–H and O–H groups in total. The van der Waals surface area contributed by atoms with Crippen molar-refractivity contribution in [2.75, 3.05) is 0 Å². The molecule has 4 heteroatoms. The summed E-state index contributed by atoms with van der Waals surface area (Å²) in [6.07, 6.45) is 5.45. The number of hydrogen-bond acceptors (Lipinski definition) is 2. The Kier molecular flexibility index (Phi) is 2.31. The van der Waals surface area contributed by atoms with Crippen molar-refractivity contribution in [1.29, 1.82) is 5.26 Å². The first-order valence-electron chi connectivity index (χ1n) is 5.16. The molecule has 2 heterocycles. The van der Waals surface area contributed by atoms with Crippen molar-refractivity contribution in [3.63, 3.8) is 0 Å². The summed E-state index contributed by atoms with van der Waals surface area (Å²) < 4.78 is 3.78. The molecule has 0 bridgehead atoms. The number of rotatable bonds is 1. The standard InChI is InChI=1S/C12H14N4/c1-12(2,3)16-11(10(8-13)9-14-16)15-6-4-5-7-15/h4-7,9H,1-3H3. The topological polar surface area (TPSA) is 46.5 Å². The minimum absolute atomic E-state index is 0.144. The van der Waals surface area contributed by atoms with Gasteiger partial charge in [0, 0.05) is 12.4 Å². The Morgan fingerprint density at radius 3 is 2.38 bits per heavy atom. The van der Waals surface area contributed by atoms with Crippen molar-refractivity contribution < 1.29 is 0 Å². The summed E-state index contributed by atoms with van der Waals surface area (Å²) in [5, 5.41) is 13.4. The molecule has 16 heavy (non-hydrogen) atoms. The Morgan fingerprint density at radius 2 is 1.88 bits per heavy atom. The lowest BCUT2D eigenvalue weighted by Gasteiger charge is -2.22. The second-order valence-corrected chi connectivity index (χ2v) is 4.67. The number of hydrogen-bond donors (Lipinski definition) is 0. The lowest BCUT2D eigenvalue weighted by Crippen LogP contribution is -2.25. The van der Waals surface area contributed by atoms with Crippen molar-refractivity contribution in [2.45, 2.75) is 26.3 Å². The summed E-state index contributed by atoms with van der Waals surface area (Å²) in [5.74, 6) is 0.819. The van der Waals surface area contributed by atoms with E-state index in [-0.39, 0.29) is 5.54 Å². The summed E-state index contributed by atoms with van der Waals surface area (Å²) >= 11 is 0. The number of nitriles is 1. The fourth-order valence-electron chi connectivity index (χ4n) is 1.64. The van der Waals surface area contributed by atoms with Crippen LogP contribution in [0.5, 0.6) is 0 Å². The molecule has 0 unspecified atom stereocenters. The summed E-state index contributed by atoms with van der Waals surface area (Å²) in [4.78, 5) is 0. The highest BCUT2D eigenvalue weighted by molar-refractivity contribution is 5.43. The Morgan fingerprint density at radius 1 is 1.25 bits per heavy atom. The Bertz CT molecular complexity index is 520. The maximum atomic E-state index is 9.08. The second-order valence-electron chi connectivity index (χ2n) is 4.67. The van der Waals surface area contributed by atoms with Crippen LogP contribution in [0.4, 0.5) is 0 Å². The molecule has 0 saturated heterocycles. The molecule has 0 aliphatic carbocycles. The average Bonchev–Trinajstić information content (AvgIpc) is 2.84. The molecule has 82 valence electrons. The quantitative estimate of drug-likeness (QED) is 0.731.